The van der Waals surface area contributed by atoms with E-state index >= 15 is 0 Å². The maximum Gasteiger partial charge on any atom is 0.0527 e. The highest BCUT2D eigenvalue weighted by atomic mass is 35.5. The molecule has 0 aromatic carbocycles. The van der Waals surface area contributed by atoms with Crippen molar-refractivity contribution in [3.63, 3.8) is 0 Å². The second-order valence-electron chi connectivity index (χ2n) is 4.88. The van der Waals surface area contributed by atoms with E-state index in [-0.39, 0.29) is 12.4 Å². The Labute approximate surface area is 110 Å². The van der Waals surface area contributed by atoms with Gasteiger partial charge in [0.1, 0.15) is 0 Å². The molecule has 1 fully saturated rings. The number of halogens is 1. The summed E-state index contributed by atoms with van der Waals surface area (Å²) in [5, 5.41) is 7.80. The molecule has 0 saturated carbocycles. The van der Waals surface area contributed by atoms with E-state index in [1.54, 1.807) is 0 Å². The van der Waals surface area contributed by atoms with Crippen LogP contribution in [0.4, 0.5) is 0 Å². The molecule has 1 atom stereocenters. The molecule has 0 spiro atoms. The lowest BCUT2D eigenvalue weighted by atomic mass is 10.2. The van der Waals surface area contributed by atoms with E-state index in [2.05, 4.69) is 46.8 Å². The number of hydrogen-bond acceptors (Lipinski definition) is 3. The van der Waals surface area contributed by atoms with Gasteiger partial charge in [0.2, 0.25) is 0 Å². The molecule has 98 valence electrons. The normalized spacial score (nSPS) is 21.5. The first-order chi connectivity index (χ1) is 7.68. The summed E-state index contributed by atoms with van der Waals surface area (Å²) in [6.07, 6.45) is 1.90. The second kappa shape index (κ2) is 6.38. The maximum absolute atomic E-state index is 4.38. The average molecular weight is 259 g/mol. The van der Waals surface area contributed by atoms with E-state index < -0.39 is 0 Å². The van der Waals surface area contributed by atoms with Crippen LogP contribution in [0, 0.1) is 0 Å². The molecule has 4 nitrogen and oxygen atoms in total. The highest BCUT2D eigenvalue weighted by molar-refractivity contribution is 5.85. The van der Waals surface area contributed by atoms with Gasteiger partial charge in [0.15, 0.2) is 0 Å². The fourth-order valence-corrected chi connectivity index (χ4v) is 2.26. The molecule has 5 heteroatoms. The van der Waals surface area contributed by atoms with E-state index in [0.717, 1.165) is 26.2 Å². The molecule has 1 aliphatic rings. The van der Waals surface area contributed by atoms with E-state index in [9.17, 15) is 0 Å². The summed E-state index contributed by atoms with van der Waals surface area (Å²) in [5.41, 5.74) is 1.32. The van der Waals surface area contributed by atoms with Crippen LogP contribution in [-0.2, 0) is 6.54 Å². The zero-order chi connectivity index (χ0) is 11.5. The minimum atomic E-state index is 0. The third-order valence-electron chi connectivity index (χ3n) is 3.25. The highest BCUT2D eigenvalue weighted by Crippen LogP contribution is 2.13. The van der Waals surface area contributed by atoms with Crippen molar-refractivity contribution in [2.24, 2.45) is 0 Å². The zero-order valence-electron chi connectivity index (χ0n) is 10.9. The minimum absolute atomic E-state index is 0. The van der Waals surface area contributed by atoms with E-state index in [1.807, 2.05) is 6.20 Å². The van der Waals surface area contributed by atoms with Gasteiger partial charge >= 0.3 is 0 Å². The Balaban J connectivity index is 0.00000144. The first-order valence-electron chi connectivity index (χ1n) is 6.15. The van der Waals surface area contributed by atoms with E-state index in [1.165, 1.54) is 5.69 Å². The van der Waals surface area contributed by atoms with Gasteiger partial charge in [0.25, 0.3) is 0 Å². The smallest absolute Gasteiger partial charge is 0.0527 e. The molecule has 0 radical (unpaired) electrons. The van der Waals surface area contributed by atoms with Gasteiger partial charge in [0.05, 0.1) is 5.69 Å². The lowest BCUT2D eigenvalue weighted by Gasteiger charge is -2.34. The highest BCUT2D eigenvalue weighted by Gasteiger charge is 2.19. The molecule has 0 unspecified atom stereocenters. The van der Waals surface area contributed by atoms with E-state index in [4.69, 9.17) is 0 Å². The van der Waals surface area contributed by atoms with Gasteiger partial charge in [0, 0.05) is 44.5 Å². The van der Waals surface area contributed by atoms with Crippen LogP contribution in [0.3, 0.4) is 0 Å². The van der Waals surface area contributed by atoms with Crippen molar-refractivity contribution >= 4 is 12.4 Å². The Morgan fingerprint density at radius 1 is 1.53 bits per heavy atom. The molecule has 0 bridgehead atoms. The number of hydrogen-bond donors (Lipinski definition) is 1. The Morgan fingerprint density at radius 2 is 2.29 bits per heavy atom. The van der Waals surface area contributed by atoms with Crippen LogP contribution in [0.15, 0.2) is 12.3 Å². The monoisotopic (exact) mass is 258 g/mol. The number of nitrogens with one attached hydrogen (secondary N) is 1. The van der Waals surface area contributed by atoms with Gasteiger partial charge in [-0.1, -0.05) is 0 Å². The summed E-state index contributed by atoms with van der Waals surface area (Å²) < 4.78 is 2.12. The Kier molecular flexibility index (Phi) is 5.43. The molecule has 2 heterocycles. The van der Waals surface area contributed by atoms with Crippen molar-refractivity contribution < 1.29 is 0 Å². The molecule has 1 saturated heterocycles. The van der Waals surface area contributed by atoms with E-state index in [0.29, 0.717) is 12.1 Å². The predicted molar refractivity (Wildman–Crippen MR) is 72.6 cm³/mol. The summed E-state index contributed by atoms with van der Waals surface area (Å²) in [6, 6.07) is 3.20. The second-order valence-corrected chi connectivity index (χ2v) is 4.88. The summed E-state index contributed by atoms with van der Waals surface area (Å²) >= 11 is 0. The summed E-state index contributed by atoms with van der Waals surface area (Å²) in [4.78, 5) is 2.52. The van der Waals surface area contributed by atoms with Crippen molar-refractivity contribution in [2.75, 3.05) is 19.6 Å². The fourth-order valence-electron chi connectivity index (χ4n) is 2.26. The van der Waals surface area contributed by atoms with Crippen molar-refractivity contribution in [1.29, 1.82) is 0 Å². The van der Waals surface area contributed by atoms with Crippen LogP contribution in [0.25, 0.3) is 0 Å². The zero-order valence-corrected chi connectivity index (χ0v) is 11.7. The van der Waals surface area contributed by atoms with Crippen LogP contribution < -0.4 is 5.32 Å². The van der Waals surface area contributed by atoms with Crippen LogP contribution in [0.2, 0.25) is 0 Å². The molecular weight excluding hydrogens is 236 g/mol. The van der Waals surface area contributed by atoms with Gasteiger partial charge in [-0.15, -0.1) is 12.4 Å². The van der Waals surface area contributed by atoms with Gasteiger partial charge in [-0.3, -0.25) is 9.58 Å². The molecule has 0 aliphatic carbocycles. The third kappa shape index (κ3) is 3.44. The molecule has 0 amide bonds. The third-order valence-corrected chi connectivity index (χ3v) is 3.25. The maximum atomic E-state index is 4.38. The minimum Gasteiger partial charge on any atom is -0.314 e. The topological polar surface area (TPSA) is 33.1 Å². The van der Waals surface area contributed by atoms with Crippen molar-refractivity contribution in [2.45, 2.75) is 39.4 Å². The van der Waals surface area contributed by atoms with Gasteiger partial charge in [-0.2, -0.15) is 5.10 Å². The molecule has 17 heavy (non-hydrogen) atoms. The standard InChI is InChI=1S/C12H22N4.ClH/c1-10(2)16-12(4-5-14-16)9-15-7-6-13-8-11(15)3;/h4-5,10-11,13H,6-9H2,1-3H3;1H/t11-;/m0./s1. The van der Waals surface area contributed by atoms with Gasteiger partial charge in [-0.05, 0) is 26.8 Å². The molecule has 1 N–H and O–H groups in total. The predicted octanol–water partition coefficient (Wildman–Crippen LogP) is 1.68. The van der Waals surface area contributed by atoms with Crippen LogP contribution in [-0.4, -0.2) is 40.4 Å². The Hall–Kier alpha value is -0.580. The first kappa shape index (κ1) is 14.5. The van der Waals surface area contributed by atoms with Crippen molar-refractivity contribution in [3.05, 3.63) is 18.0 Å². The van der Waals surface area contributed by atoms with Crippen LogP contribution in [0.1, 0.15) is 32.5 Å². The molecular formula is C12H23ClN4. The molecule has 1 aromatic rings. The van der Waals surface area contributed by atoms with Crippen LogP contribution >= 0.6 is 12.4 Å². The lowest BCUT2D eigenvalue weighted by molar-refractivity contribution is 0.160. The Morgan fingerprint density at radius 3 is 2.94 bits per heavy atom. The average Bonchev–Trinajstić information content (AvgIpc) is 2.69. The lowest BCUT2D eigenvalue weighted by Crippen LogP contribution is -2.49. The van der Waals surface area contributed by atoms with Crippen molar-refractivity contribution in [1.82, 2.24) is 20.0 Å². The van der Waals surface area contributed by atoms with Gasteiger partial charge < -0.3 is 5.32 Å². The summed E-state index contributed by atoms with van der Waals surface area (Å²) in [7, 11) is 0. The molecule has 2 rings (SSSR count). The van der Waals surface area contributed by atoms with Crippen LogP contribution in [0.5, 0.6) is 0 Å². The Bertz CT molecular complexity index is 337. The largest absolute Gasteiger partial charge is 0.314 e. The number of rotatable bonds is 3. The summed E-state index contributed by atoms with van der Waals surface area (Å²) in [5.74, 6) is 0. The quantitative estimate of drug-likeness (QED) is 0.896. The van der Waals surface area contributed by atoms with Gasteiger partial charge in [-0.25, -0.2) is 0 Å². The summed E-state index contributed by atoms with van der Waals surface area (Å²) in [6.45, 7) is 11.0. The number of piperazine rings is 1. The number of aromatic nitrogens is 2. The van der Waals surface area contributed by atoms with Crippen molar-refractivity contribution in [3.8, 4) is 0 Å². The first-order valence-corrected chi connectivity index (χ1v) is 6.15. The molecule has 1 aromatic heterocycles. The SMILES string of the molecule is CC(C)n1nccc1CN1CCNC[C@@H]1C.Cl. The fraction of sp³-hybridized carbons (Fsp3) is 0.750. The number of nitrogens with zero attached hydrogens (tertiary/aromatic N) is 3. The molecule has 1 aliphatic heterocycles.